The highest BCUT2D eigenvalue weighted by Crippen LogP contribution is 2.70. The molecular formula is C30H43IO15S2-2. The molecule has 274 valence electrons. The number of rotatable bonds is 15. The van der Waals surface area contributed by atoms with E-state index < -0.39 is 66.2 Å². The van der Waals surface area contributed by atoms with Crippen LogP contribution in [0.5, 0.6) is 0 Å². The molecule has 1 aliphatic heterocycles. The fourth-order valence-electron chi connectivity index (χ4n) is 9.67. The predicted molar refractivity (Wildman–Crippen MR) is 171 cm³/mol. The second-order valence-electron chi connectivity index (χ2n) is 14.3. The first-order valence-electron chi connectivity index (χ1n) is 16.1. The lowest BCUT2D eigenvalue weighted by atomic mass is 9.43. The number of fused-ring (bicyclic) bond motifs is 3. The summed E-state index contributed by atoms with van der Waals surface area (Å²) in [6, 6.07) is 0. The first kappa shape index (κ1) is 38.9. The predicted octanol–water partition coefficient (Wildman–Crippen LogP) is 3.08. The molecule has 1 saturated heterocycles. The molecule has 5 fully saturated rings. The Morgan fingerprint density at radius 1 is 1.08 bits per heavy atom. The van der Waals surface area contributed by atoms with E-state index in [1.807, 2.05) is 13.8 Å². The second kappa shape index (κ2) is 16.6. The van der Waals surface area contributed by atoms with Gasteiger partial charge in [-0.05, 0) is 79.6 Å². The molecule has 5 rings (SSSR count). The smallest absolute Gasteiger partial charge is 0.306 e. The van der Waals surface area contributed by atoms with E-state index in [9.17, 15) is 30.3 Å². The topological polar surface area (TPSA) is 204 Å². The molecule has 0 aromatic rings. The molecule has 15 nitrogen and oxygen atoms in total. The Morgan fingerprint density at radius 3 is 2.40 bits per heavy atom. The maximum absolute atomic E-state index is 13.1. The van der Waals surface area contributed by atoms with Crippen LogP contribution in [0.15, 0.2) is 12.2 Å². The van der Waals surface area contributed by atoms with Gasteiger partial charge in [0.25, 0.3) is 0 Å². The third-order valence-corrected chi connectivity index (χ3v) is 13.1. The average molecular weight is 833 g/mol. The van der Waals surface area contributed by atoms with Crippen molar-refractivity contribution in [2.24, 2.45) is 40.4 Å². The van der Waals surface area contributed by atoms with Crippen molar-refractivity contribution in [2.45, 2.75) is 115 Å². The fraction of sp³-hybridized carbons (Fsp3) is 0.867. The van der Waals surface area contributed by atoms with Gasteiger partial charge < -0.3 is 34.9 Å². The number of carbonyl (C=O) groups is 2. The van der Waals surface area contributed by atoms with E-state index in [1.165, 1.54) is 0 Å². The number of esters is 1. The van der Waals surface area contributed by atoms with Crippen LogP contribution in [0.2, 0.25) is 0 Å². The van der Waals surface area contributed by atoms with Gasteiger partial charge in [0, 0.05) is 16.3 Å². The summed E-state index contributed by atoms with van der Waals surface area (Å²) in [6.45, 7) is 10.1. The number of hydrogen-bond donors (Lipinski definition) is 2. The zero-order valence-electron chi connectivity index (χ0n) is 26.9. The summed E-state index contributed by atoms with van der Waals surface area (Å²) < 4.78 is 39.2. The van der Waals surface area contributed by atoms with Crippen molar-refractivity contribution in [2.75, 3.05) is 4.43 Å². The zero-order chi connectivity index (χ0) is 34.8. The molecule has 2 bridgehead atoms. The standard InChI is InChI=1S/C30H45IO15S2/c1-14(2)9-22(32)40-25-24(42-48-46-44-37)23(41-47-45-43-36)20(13-31)39-28(25)38-17-10-18(27(34)35)19-7-8-30-11-16(15(3)26(30)33)5-6-21(30)29(19,4)12-17/h14,16-21,23-26,28,33,36-37H,3,5-13H2,1-2,4H3,(H,34,35)/p-2/t16?,17?,18?,19?,20-,21?,23-,24-,25?,26+,28-,29?,30?/m1/s1/i31-2. The number of halogens is 1. The molecule has 5 aliphatic rings. The summed E-state index contributed by atoms with van der Waals surface area (Å²) in [5.41, 5.74) is 0.0589. The lowest BCUT2D eigenvalue weighted by molar-refractivity contribution is -0.778. The second-order valence-corrected chi connectivity index (χ2v) is 16.1. The van der Waals surface area contributed by atoms with Crippen molar-refractivity contribution < 1.29 is 71.6 Å². The Labute approximate surface area is 301 Å². The summed E-state index contributed by atoms with van der Waals surface area (Å²) >= 11 is 2.43. The molecular weight excluding hydrogens is 789 g/mol. The van der Waals surface area contributed by atoms with Crippen LogP contribution >= 0.6 is 47.2 Å². The van der Waals surface area contributed by atoms with Gasteiger partial charge in [-0.3, -0.25) is 28.0 Å². The highest BCUT2D eigenvalue weighted by atomic mass is 125. The minimum absolute atomic E-state index is 0.0506. The Kier molecular flexibility index (Phi) is 13.4. The first-order chi connectivity index (χ1) is 22.9. The summed E-state index contributed by atoms with van der Waals surface area (Å²) in [5.74, 6) is -2.05. The Bertz CT molecular complexity index is 1150. The van der Waals surface area contributed by atoms with Crippen molar-refractivity contribution in [1.82, 2.24) is 0 Å². The molecule has 48 heavy (non-hydrogen) atoms. The lowest BCUT2D eigenvalue weighted by Gasteiger charge is -2.62. The average Bonchev–Trinajstić information content (AvgIpc) is 3.21. The van der Waals surface area contributed by atoms with Crippen molar-refractivity contribution in [3.05, 3.63) is 12.2 Å². The van der Waals surface area contributed by atoms with Gasteiger partial charge in [0.2, 0.25) is 0 Å². The van der Waals surface area contributed by atoms with Crippen LogP contribution in [0.3, 0.4) is 0 Å². The summed E-state index contributed by atoms with van der Waals surface area (Å²) in [4.78, 5) is 25.9. The third-order valence-electron chi connectivity index (χ3n) is 11.4. The Hall–Kier alpha value is -0.330. The van der Waals surface area contributed by atoms with Gasteiger partial charge in [-0.2, -0.15) is 0 Å². The Balaban J connectivity index is 1.46. The monoisotopic (exact) mass is 832 g/mol. The van der Waals surface area contributed by atoms with Crippen molar-refractivity contribution >= 4 is 59.2 Å². The molecule has 0 radical (unpaired) electrons. The van der Waals surface area contributed by atoms with Crippen LogP contribution in [0.25, 0.3) is 0 Å². The molecule has 1 spiro atoms. The van der Waals surface area contributed by atoms with Gasteiger partial charge in [0.05, 0.1) is 18.1 Å². The van der Waals surface area contributed by atoms with Crippen LogP contribution in [0.4, 0.5) is 0 Å². The van der Waals surface area contributed by atoms with Gasteiger partial charge in [0.15, 0.2) is 37.0 Å². The zero-order valence-corrected chi connectivity index (χ0v) is 30.7. The van der Waals surface area contributed by atoms with E-state index in [0.717, 1.165) is 31.3 Å². The molecule has 8 unspecified atom stereocenters. The van der Waals surface area contributed by atoms with Crippen LogP contribution in [-0.2, 0) is 50.9 Å². The number of alkyl halides is 1. The maximum Gasteiger partial charge on any atom is 0.306 e. The van der Waals surface area contributed by atoms with Crippen molar-refractivity contribution in [3.8, 4) is 0 Å². The highest BCUT2D eigenvalue weighted by molar-refractivity contribution is 14.1. The molecule has 2 N–H and O–H groups in total. The summed E-state index contributed by atoms with van der Waals surface area (Å²) in [5, 5.41) is 49.8. The first-order valence-corrected chi connectivity index (χ1v) is 19.0. The van der Waals surface area contributed by atoms with Crippen LogP contribution < -0.4 is 10.5 Å². The minimum Gasteiger partial charge on any atom is -0.691 e. The number of ether oxygens (including phenoxy) is 3. The summed E-state index contributed by atoms with van der Waals surface area (Å²) in [7, 11) is 0. The minimum atomic E-state index is -1.31. The molecule has 13 atom stereocenters. The van der Waals surface area contributed by atoms with Crippen molar-refractivity contribution in [1.29, 1.82) is 0 Å². The van der Waals surface area contributed by atoms with Gasteiger partial charge in [-0.25, -0.2) is 0 Å². The molecule has 4 saturated carbocycles. The van der Waals surface area contributed by atoms with E-state index in [4.69, 9.17) is 22.6 Å². The number of hydrogen-bond acceptors (Lipinski definition) is 16. The fourth-order valence-corrected chi connectivity index (χ4v) is 11.1. The molecule has 0 amide bonds. The van der Waals surface area contributed by atoms with Gasteiger partial charge in [-0.1, -0.05) is 49.9 Å². The van der Waals surface area contributed by atoms with Crippen LogP contribution in [-0.4, -0.2) is 69.5 Å². The number of aliphatic hydroxyl groups excluding tert-OH is 1. The molecule has 0 aromatic heterocycles. The number of carboxylic acid groups (broad SMARTS) is 1. The molecule has 18 heteroatoms. The van der Waals surface area contributed by atoms with Gasteiger partial charge in [-0.15, -0.1) is 8.67 Å². The van der Waals surface area contributed by atoms with Gasteiger partial charge >= 0.3 is 11.9 Å². The quantitative estimate of drug-likeness (QED) is 0.0280. The van der Waals surface area contributed by atoms with Crippen LogP contribution in [0.1, 0.15) is 72.1 Å². The summed E-state index contributed by atoms with van der Waals surface area (Å²) in [6.07, 6.45) is -2.13. The largest absolute Gasteiger partial charge is 0.691 e. The SMILES string of the molecule is C=C1C2CCC3C4(C)CC(O[C@@H]5O[C@H](C[125I])[C@@H](OSOO[O-])[C@@H](OSOO[O-])C5OC(=O)CC(C)C)CC(C(=O)O)C4CCC3(C2)[C@H]1O. The Morgan fingerprint density at radius 2 is 1.77 bits per heavy atom. The maximum atomic E-state index is 13.1. The van der Waals surface area contributed by atoms with E-state index >= 15 is 0 Å². The highest BCUT2D eigenvalue weighted by Gasteiger charge is 2.67. The molecule has 4 aliphatic carbocycles. The molecule has 1 heterocycles. The van der Waals surface area contributed by atoms with Gasteiger partial charge in [0.1, 0.15) is 18.3 Å². The van der Waals surface area contributed by atoms with Crippen LogP contribution in [0, 0.1) is 40.4 Å². The normalized spacial score (nSPS) is 42.3. The van der Waals surface area contributed by atoms with E-state index in [2.05, 4.69) is 54.8 Å². The lowest BCUT2D eigenvalue weighted by Crippen LogP contribution is -2.63. The van der Waals surface area contributed by atoms with E-state index in [0.29, 0.717) is 17.3 Å². The number of carboxylic acids is 1. The number of aliphatic hydroxyl groups is 1. The number of carbonyl (C=O) groups excluding carboxylic acids is 1. The van der Waals surface area contributed by atoms with E-state index in [1.54, 1.807) is 0 Å². The number of aliphatic carboxylic acids is 1. The van der Waals surface area contributed by atoms with E-state index in [-0.39, 0.29) is 66.6 Å². The molecule has 0 aromatic carbocycles. The van der Waals surface area contributed by atoms with Crippen molar-refractivity contribution in [3.63, 3.8) is 0 Å². The third kappa shape index (κ3) is 7.72.